The summed E-state index contributed by atoms with van der Waals surface area (Å²) in [6.07, 6.45) is 7.45. The Labute approximate surface area is 232 Å². The maximum Gasteiger partial charge on any atom is 0.271 e. The van der Waals surface area contributed by atoms with E-state index < -0.39 is 0 Å². The minimum atomic E-state index is -0.320. The molecule has 0 saturated carbocycles. The topological polar surface area (TPSA) is 135 Å². The van der Waals surface area contributed by atoms with Gasteiger partial charge in [0.2, 0.25) is 0 Å². The van der Waals surface area contributed by atoms with Gasteiger partial charge in [0, 0.05) is 62.3 Å². The van der Waals surface area contributed by atoms with Crippen LogP contribution in [0.4, 0.5) is 5.82 Å². The molecule has 1 saturated heterocycles. The van der Waals surface area contributed by atoms with Crippen molar-refractivity contribution in [3.63, 3.8) is 0 Å². The van der Waals surface area contributed by atoms with Crippen LogP contribution in [-0.2, 0) is 4.74 Å². The highest BCUT2D eigenvalue weighted by molar-refractivity contribution is 5.70. The summed E-state index contributed by atoms with van der Waals surface area (Å²) in [5.41, 5.74) is 9.41. The standard InChI is InChI=1S/C28H34N8O4/c1-18-24(13-21(39-3)14-25(18)40-4)36-26(37)6-5-22(33-36)27-28(29)30-16-23(32-27)19-15-31-35(17-19)20-7-9-34(10-8-20)11-12-38-2/h5-6,13-17,20H,7-12H2,1-4H3,(H2,29,30). The molecule has 4 aromatic rings. The second kappa shape index (κ2) is 11.8. The van der Waals surface area contributed by atoms with Gasteiger partial charge >= 0.3 is 0 Å². The second-order valence-electron chi connectivity index (χ2n) is 9.71. The quantitative estimate of drug-likeness (QED) is 0.334. The maximum atomic E-state index is 12.9. The first-order valence-corrected chi connectivity index (χ1v) is 13.1. The number of hydrogen-bond acceptors (Lipinski definition) is 10. The van der Waals surface area contributed by atoms with E-state index >= 15 is 0 Å². The van der Waals surface area contributed by atoms with E-state index in [-0.39, 0.29) is 11.4 Å². The van der Waals surface area contributed by atoms with Crippen molar-refractivity contribution in [2.24, 2.45) is 0 Å². The number of piperidine rings is 1. The van der Waals surface area contributed by atoms with Crippen LogP contribution in [-0.4, -0.2) is 82.0 Å². The predicted molar refractivity (Wildman–Crippen MR) is 151 cm³/mol. The van der Waals surface area contributed by atoms with E-state index in [1.54, 1.807) is 51.9 Å². The third-order valence-corrected chi connectivity index (χ3v) is 7.27. The Hall–Kier alpha value is -4.29. The molecule has 0 atom stereocenters. The van der Waals surface area contributed by atoms with E-state index in [4.69, 9.17) is 24.9 Å². The lowest BCUT2D eigenvalue weighted by atomic mass is 10.1. The van der Waals surface area contributed by atoms with Crippen LogP contribution in [0.1, 0.15) is 24.4 Å². The molecular formula is C28H34N8O4. The van der Waals surface area contributed by atoms with Crippen molar-refractivity contribution in [3.8, 4) is 39.8 Å². The first-order valence-electron chi connectivity index (χ1n) is 13.1. The molecule has 2 N–H and O–H groups in total. The van der Waals surface area contributed by atoms with E-state index in [9.17, 15) is 4.79 Å². The van der Waals surface area contributed by atoms with Crippen molar-refractivity contribution in [2.45, 2.75) is 25.8 Å². The summed E-state index contributed by atoms with van der Waals surface area (Å²) in [6, 6.07) is 6.83. The zero-order valence-electron chi connectivity index (χ0n) is 23.2. The third kappa shape index (κ3) is 5.54. The summed E-state index contributed by atoms with van der Waals surface area (Å²) in [5, 5.41) is 9.23. The molecule has 1 fully saturated rings. The smallest absolute Gasteiger partial charge is 0.271 e. The lowest BCUT2D eigenvalue weighted by Gasteiger charge is -2.31. The number of likely N-dealkylation sites (tertiary alicyclic amines) is 1. The highest BCUT2D eigenvalue weighted by Crippen LogP contribution is 2.31. The van der Waals surface area contributed by atoms with E-state index in [0.717, 1.165) is 50.2 Å². The first-order chi connectivity index (χ1) is 19.4. The van der Waals surface area contributed by atoms with Gasteiger partial charge in [-0.15, -0.1) is 0 Å². The van der Waals surface area contributed by atoms with Crippen LogP contribution >= 0.6 is 0 Å². The summed E-state index contributed by atoms with van der Waals surface area (Å²) in [7, 11) is 4.85. The summed E-state index contributed by atoms with van der Waals surface area (Å²) in [6.45, 7) is 5.56. The Kier molecular flexibility index (Phi) is 8.08. The van der Waals surface area contributed by atoms with Crippen molar-refractivity contribution in [3.05, 3.63) is 58.8 Å². The number of nitrogens with zero attached hydrogens (tertiary/aromatic N) is 7. The van der Waals surface area contributed by atoms with Gasteiger partial charge in [0.15, 0.2) is 5.82 Å². The molecule has 0 radical (unpaired) electrons. The van der Waals surface area contributed by atoms with Crippen molar-refractivity contribution in [2.75, 3.05) is 53.3 Å². The fourth-order valence-electron chi connectivity index (χ4n) is 4.93. The Bertz CT molecular complexity index is 1540. The number of anilines is 1. The van der Waals surface area contributed by atoms with Crippen molar-refractivity contribution in [1.82, 2.24) is 34.4 Å². The lowest BCUT2D eigenvalue weighted by Crippen LogP contribution is -2.36. The van der Waals surface area contributed by atoms with Gasteiger partial charge in [0.05, 0.1) is 50.6 Å². The fraction of sp³-hybridized carbons (Fsp3) is 0.393. The number of rotatable bonds is 9. The molecule has 4 heterocycles. The number of benzene rings is 1. The summed E-state index contributed by atoms with van der Waals surface area (Å²) in [4.78, 5) is 24.5. The molecular weight excluding hydrogens is 512 g/mol. The van der Waals surface area contributed by atoms with Crippen LogP contribution in [0, 0.1) is 6.92 Å². The molecule has 3 aromatic heterocycles. The molecule has 5 rings (SSSR count). The molecule has 1 aliphatic heterocycles. The van der Waals surface area contributed by atoms with Crippen LogP contribution in [0.2, 0.25) is 0 Å². The molecule has 0 spiro atoms. The average Bonchev–Trinajstić information content (AvgIpc) is 3.48. The SMILES string of the molecule is COCCN1CCC(n2cc(-c3cnc(N)c(-c4ccc(=O)n(-c5cc(OC)cc(OC)c5C)n4)n3)cn2)CC1. The number of ether oxygens (including phenoxy) is 3. The van der Waals surface area contributed by atoms with Gasteiger partial charge in [0.1, 0.15) is 22.9 Å². The normalized spacial score (nSPS) is 14.4. The molecule has 12 nitrogen and oxygen atoms in total. The average molecular weight is 547 g/mol. The monoisotopic (exact) mass is 546 g/mol. The zero-order chi connectivity index (χ0) is 28.2. The number of nitrogen functional groups attached to an aromatic ring is 1. The van der Waals surface area contributed by atoms with Crippen LogP contribution in [0.15, 0.2) is 47.7 Å². The second-order valence-corrected chi connectivity index (χ2v) is 9.71. The van der Waals surface area contributed by atoms with Gasteiger partial charge in [-0.2, -0.15) is 14.9 Å². The molecule has 1 aliphatic rings. The lowest BCUT2D eigenvalue weighted by molar-refractivity contribution is 0.119. The Morgan fingerprint density at radius 1 is 1.05 bits per heavy atom. The van der Waals surface area contributed by atoms with Gasteiger partial charge in [-0.25, -0.2) is 9.97 Å². The number of hydrogen-bond donors (Lipinski definition) is 1. The van der Waals surface area contributed by atoms with Gasteiger partial charge in [0.25, 0.3) is 5.56 Å². The van der Waals surface area contributed by atoms with Crippen molar-refractivity contribution in [1.29, 1.82) is 0 Å². The highest BCUT2D eigenvalue weighted by atomic mass is 16.5. The maximum absolute atomic E-state index is 12.9. The Morgan fingerprint density at radius 2 is 1.85 bits per heavy atom. The fourth-order valence-corrected chi connectivity index (χ4v) is 4.93. The number of aromatic nitrogens is 6. The molecule has 0 aliphatic carbocycles. The zero-order valence-corrected chi connectivity index (χ0v) is 23.2. The minimum Gasteiger partial charge on any atom is -0.497 e. The van der Waals surface area contributed by atoms with Crippen LogP contribution < -0.4 is 20.8 Å². The van der Waals surface area contributed by atoms with Crippen LogP contribution in [0.5, 0.6) is 11.5 Å². The largest absolute Gasteiger partial charge is 0.497 e. The van der Waals surface area contributed by atoms with Gasteiger partial charge < -0.3 is 24.8 Å². The van der Waals surface area contributed by atoms with E-state index in [2.05, 4.69) is 20.1 Å². The summed E-state index contributed by atoms with van der Waals surface area (Å²) >= 11 is 0. The Morgan fingerprint density at radius 3 is 2.58 bits per heavy atom. The third-order valence-electron chi connectivity index (χ3n) is 7.27. The molecule has 0 unspecified atom stereocenters. The van der Waals surface area contributed by atoms with Gasteiger partial charge in [-0.1, -0.05) is 0 Å². The number of methoxy groups -OCH3 is 3. The Balaban J connectivity index is 1.44. The van der Waals surface area contributed by atoms with Crippen molar-refractivity contribution < 1.29 is 14.2 Å². The molecule has 12 heteroatoms. The highest BCUT2D eigenvalue weighted by Gasteiger charge is 2.22. The van der Waals surface area contributed by atoms with E-state index in [0.29, 0.717) is 40.3 Å². The van der Waals surface area contributed by atoms with Gasteiger partial charge in [-0.05, 0) is 25.8 Å². The van der Waals surface area contributed by atoms with Gasteiger partial charge in [-0.3, -0.25) is 9.48 Å². The van der Waals surface area contributed by atoms with Crippen LogP contribution in [0.25, 0.3) is 28.3 Å². The molecule has 0 amide bonds. The molecule has 0 bridgehead atoms. The van der Waals surface area contributed by atoms with E-state index in [1.807, 2.05) is 17.8 Å². The van der Waals surface area contributed by atoms with Crippen molar-refractivity contribution >= 4 is 5.82 Å². The molecule has 40 heavy (non-hydrogen) atoms. The first kappa shape index (κ1) is 27.3. The molecule has 210 valence electrons. The predicted octanol–water partition coefficient (Wildman–Crippen LogP) is 2.74. The molecule has 1 aromatic carbocycles. The summed E-state index contributed by atoms with van der Waals surface area (Å²) in [5.74, 6) is 1.32. The summed E-state index contributed by atoms with van der Waals surface area (Å²) < 4.78 is 19.4. The van der Waals surface area contributed by atoms with E-state index in [1.165, 1.54) is 10.7 Å². The van der Waals surface area contributed by atoms with Crippen LogP contribution in [0.3, 0.4) is 0 Å². The number of nitrogens with two attached hydrogens (primary N) is 1. The minimum absolute atomic E-state index is 0.206.